The number of aryl methyl sites for hydroxylation is 1. The van der Waals surface area contributed by atoms with Gasteiger partial charge in [-0.1, -0.05) is 36.4 Å². The molecule has 4 aromatic rings. The van der Waals surface area contributed by atoms with E-state index in [0.29, 0.717) is 23.8 Å². The lowest BCUT2D eigenvalue weighted by Crippen LogP contribution is -2.43. The van der Waals surface area contributed by atoms with E-state index in [2.05, 4.69) is 15.3 Å². The van der Waals surface area contributed by atoms with Gasteiger partial charge in [0.15, 0.2) is 0 Å². The first kappa shape index (κ1) is 20.4. The largest absolute Gasteiger partial charge is 0.467 e. The van der Waals surface area contributed by atoms with E-state index in [-0.39, 0.29) is 12.3 Å². The zero-order valence-electron chi connectivity index (χ0n) is 17.3. The molecule has 2 heterocycles. The molecule has 2 N–H and O–H groups in total. The van der Waals surface area contributed by atoms with Gasteiger partial charge in [0.25, 0.3) is 0 Å². The molecule has 2 aromatic heterocycles. The van der Waals surface area contributed by atoms with Crippen LogP contribution in [0.5, 0.6) is 0 Å². The Morgan fingerprint density at radius 2 is 1.87 bits per heavy atom. The van der Waals surface area contributed by atoms with Crippen LogP contribution in [0.1, 0.15) is 17.0 Å². The van der Waals surface area contributed by atoms with Gasteiger partial charge in [0.2, 0.25) is 11.8 Å². The Balaban J connectivity index is 1.48. The van der Waals surface area contributed by atoms with E-state index in [4.69, 9.17) is 9.15 Å². The second-order valence-electron chi connectivity index (χ2n) is 7.27. The van der Waals surface area contributed by atoms with Crippen molar-refractivity contribution in [3.05, 3.63) is 77.8 Å². The van der Waals surface area contributed by atoms with E-state index in [9.17, 15) is 9.59 Å². The number of benzene rings is 2. The molecule has 1 amide bonds. The Hall–Kier alpha value is -3.87. The smallest absolute Gasteiger partial charge is 0.328 e. The van der Waals surface area contributed by atoms with Crippen molar-refractivity contribution in [1.29, 1.82) is 0 Å². The van der Waals surface area contributed by atoms with Gasteiger partial charge in [-0.2, -0.15) is 0 Å². The minimum atomic E-state index is -0.808. The minimum Gasteiger partial charge on any atom is -0.467 e. The van der Waals surface area contributed by atoms with Crippen LogP contribution in [0.25, 0.3) is 22.4 Å². The Morgan fingerprint density at radius 1 is 1.13 bits per heavy atom. The fraction of sp³-hybridized carbons (Fsp3) is 0.208. The third-order valence-corrected chi connectivity index (χ3v) is 5.16. The van der Waals surface area contributed by atoms with Gasteiger partial charge in [-0.05, 0) is 30.7 Å². The number of H-pyrrole nitrogens is 1. The van der Waals surface area contributed by atoms with Crippen molar-refractivity contribution >= 4 is 22.8 Å². The van der Waals surface area contributed by atoms with Crippen LogP contribution in [0.15, 0.2) is 65.2 Å². The molecule has 0 aliphatic rings. The Labute approximate surface area is 179 Å². The molecule has 2 aromatic carbocycles. The first-order chi connectivity index (χ1) is 15.0. The quantitative estimate of drug-likeness (QED) is 0.448. The molecule has 7 nitrogen and oxygen atoms in total. The number of nitrogens with one attached hydrogen (secondary N) is 2. The van der Waals surface area contributed by atoms with Gasteiger partial charge >= 0.3 is 5.97 Å². The highest BCUT2D eigenvalue weighted by Gasteiger charge is 2.24. The number of nitrogens with zero attached hydrogens (tertiary/aromatic N) is 1. The molecule has 1 unspecified atom stereocenters. The third-order valence-electron chi connectivity index (χ3n) is 5.16. The number of carbonyl (C=O) groups excluding carboxylic acids is 2. The summed E-state index contributed by atoms with van der Waals surface area (Å²) in [4.78, 5) is 32.7. The van der Waals surface area contributed by atoms with Gasteiger partial charge in [-0.15, -0.1) is 0 Å². The molecule has 0 saturated carbocycles. The molecular weight excluding hydrogens is 394 g/mol. The molecular formula is C24H23N3O4. The van der Waals surface area contributed by atoms with E-state index in [1.807, 2.05) is 60.8 Å². The van der Waals surface area contributed by atoms with Crippen LogP contribution in [0.4, 0.5) is 0 Å². The SMILES string of the molecule is COC(=O)C(Cc1c[nH]c2ccccc12)NC(=O)Cc1nc(-c2ccccc2)oc1C. The predicted octanol–water partition coefficient (Wildman–Crippen LogP) is 3.57. The Bertz CT molecular complexity index is 1210. The van der Waals surface area contributed by atoms with E-state index in [1.165, 1.54) is 7.11 Å². The summed E-state index contributed by atoms with van der Waals surface area (Å²) in [6.45, 7) is 1.77. The van der Waals surface area contributed by atoms with Gasteiger partial charge in [-0.25, -0.2) is 9.78 Å². The van der Waals surface area contributed by atoms with Crippen LogP contribution in [0, 0.1) is 6.92 Å². The fourth-order valence-electron chi connectivity index (χ4n) is 3.55. The molecule has 0 bridgehead atoms. The van der Waals surface area contributed by atoms with Crippen LogP contribution < -0.4 is 5.32 Å². The minimum absolute atomic E-state index is 0.00352. The summed E-state index contributed by atoms with van der Waals surface area (Å²) in [6, 6.07) is 16.5. The molecule has 0 radical (unpaired) electrons. The van der Waals surface area contributed by atoms with Crippen LogP contribution in [-0.4, -0.2) is 35.0 Å². The van der Waals surface area contributed by atoms with Crippen molar-refractivity contribution < 1.29 is 18.7 Å². The number of hydrogen-bond acceptors (Lipinski definition) is 5. The third kappa shape index (κ3) is 4.50. The van der Waals surface area contributed by atoms with Gasteiger partial charge in [0, 0.05) is 29.1 Å². The highest BCUT2D eigenvalue weighted by atomic mass is 16.5. The molecule has 0 saturated heterocycles. The topological polar surface area (TPSA) is 97.2 Å². The molecule has 0 fully saturated rings. The average molecular weight is 417 g/mol. The molecule has 7 heteroatoms. The van der Waals surface area contributed by atoms with Crippen LogP contribution in [0.2, 0.25) is 0 Å². The zero-order valence-corrected chi connectivity index (χ0v) is 17.3. The van der Waals surface area contributed by atoms with Crippen LogP contribution >= 0.6 is 0 Å². The summed E-state index contributed by atoms with van der Waals surface area (Å²) >= 11 is 0. The number of aromatic amines is 1. The monoisotopic (exact) mass is 417 g/mol. The summed E-state index contributed by atoms with van der Waals surface area (Å²) < 4.78 is 10.6. The highest BCUT2D eigenvalue weighted by Crippen LogP contribution is 2.22. The van der Waals surface area contributed by atoms with Gasteiger partial charge < -0.3 is 19.5 Å². The van der Waals surface area contributed by atoms with Crippen molar-refractivity contribution in [2.24, 2.45) is 0 Å². The number of methoxy groups -OCH3 is 1. The van der Waals surface area contributed by atoms with Gasteiger partial charge in [-0.3, -0.25) is 4.79 Å². The average Bonchev–Trinajstić information content (AvgIpc) is 3.37. The van der Waals surface area contributed by atoms with Gasteiger partial charge in [0.1, 0.15) is 11.8 Å². The lowest BCUT2D eigenvalue weighted by molar-refractivity contribution is -0.145. The van der Waals surface area contributed by atoms with E-state index >= 15 is 0 Å². The number of ether oxygens (including phenoxy) is 1. The summed E-state index contributed by atoms with van der Waals surface area (Å²) in [5.74, 6) is 0.205. The summed E-state index contributed by atoms with van der Waals surface area (Å²) in [7, 11) is 1.31. The van der Waals surface area contributed by atoms with E-state index in [0.717, 1.165) is 22.0 Å². The maximum Gasteiger partial charge on any atom is 0.328 e. The van der Waals surface area contributed by atoms with Crippen LogP contribution in [-0.2, 0) is 27.2 Å². The molecule has 31 heavy (non-hydrogen) atoms. The van der Waals surface area contributed by atoms with E-state index < -0.39 is 12.0 Å². The molecule has 0 spiro atoms. The molecule has 158 valence electrons. The first-order valence-corrected chi connectivity index (χ1v) is 9.99. The number of oxazole rings is 1. The Kier molecular flexibility index (Phi) is 5.84. The predicted molar refractivity (Wildman–Crippen MR) is 116 cm³/mol. The standard InChI is InChI=1S/C24H23N3O4/c1-15-20(27-23(31-15)16-8-4-3-5-9-16)13-22(28)26-21(24(29)30-2)12-17-14-25-19-11-7-6-10-18(17)19/h3-11,14,21,25H,12-13H2,1-2H3,(H,26,28). The van der Waals surface area contributed by atoms with Crippen molar-refractivity contribution in [1.82, 2.24) is 15.3 Å². The summed E-state index contributed by atoms with van der Waals surface area (Å²) in [6.07, 6.45) is 2.17. The van der Waals surface area contributed by atoms with Crippen molar-refractivity contribution in [2.45, 2.75) is 25.8 Å². The van der Waals surface area contributed by atoms with E-state index in [1.54, 1.807) is 6.92 Å². The summed E-state index contributed by atoms with van der Waals surface area (Å²) in [5.41, 5.74) is 3.27. The maximum atomic E-state index is 12.7. The van der Waals surface area contributed by atoms with Crippen molar-refractivity contribution in [3.8, 4) is 11.5 Å². The second-order valence-corrected chi connectivity index (χ2v) is 7.27. The normalized spacial score (nSPS) is 11.9. The highest BCUT2D eigenvalue weighted by molar-refractivity contribution is 5.88. The number of rotatable bonds is 7. The van der Waals surface area contributed by atoms with Crippen LogP contribution in [0.3, 0.4) is 0 Å². The van der Waals surface area contributed by atoms with Gasteiger partial charge in [0.05, 0.1) is 19.2 Å². The number of fused-ring (bicyclic) bond motifs is 1. The number of amides is 1. The second kappa shape index (κ2) is 8.87. The Morgan fingerprint density at radius 3 is 2.65 bits per heavy atom. The number of hydrogen-bond donors (Lipinski definition) is 2. The van der Waals surface area contributed by atoms with Crippen molar-refractivity contribution in [2.75, 3.05) is 7.11 Å². The zero-order chi connectivity index (χ0) is 21.8. The fourth-order valence-corrected chi connectivity index (χ4v) is 3.55. The first-order valence-electron chi connectivity index (χ1n) is 9.99. The lowest BCUT2D eigenvalue weighted by Gasteiger charge is -2.16. The number of carbonyl (C=O) groups is 2. The summed E-state index contributed by atoms with van der Waals surface area (Å²) in [5, 5.41) is 3.79. The molecule has 4 rings (SSSR count). The van der Waals surface area contributed by atoms with Crippen molar-refractivity contribution in [3.63, 3.8) is 0 Å². The molecule has 0 aliphatic carbocycles. The molecule has 1 atom stereocenters. The number of aromatic nitrogens is 2. The molecule has 0 aliphatic heterocycles. The number of esters is 1. The maximum absolute atomic E-state index is 12.7. The lowest BCUT2D eigenvalue weighted by atomic mass is 10.0. The number of para-hydroxylation sites is 1.